The van der Waals surface area contributed by atoms with Crippen LogP contribution in [0.1, 0.15) is 36.5 Å². The normalized spacial score (nSPS) is 12.6. The van der Waals surface area contributed by atoms with Gasteiger partial charge < -0.3 is 15.2 Å². The second-order valence-corrected chi connectivity index (χ2v) is 8.83. The number of benzene rings is 3. The molecule has 0 aromatic heterocycles. The number of rotatable bonds is 7. The van der Waals surface area contributed by atoms with Crippen molar-refractivity contribution in [2.24, 2.45) is 0 Å². The molecule has 1 aliphatic rings. The van der Waals surface area contributed by atoms with Crippen molar-refractivity contribution in [3.8, 4) is 11.1 Å². The van der Waals surface area contributed by atoms with Crippen molar-refractivity contribution in [2.45, 2.75) is 25.3 Å². The van der Waals surface area contributed by atoms with Gasteiger partial charge in [0.2, 0.25) is 5.91 Å². The van der Waals surface area contributed by atoms with Gasteiger partial charge in [0.05, 0.1) is 0 Å². The number of carboxylic acid groups (broad SMARTS) is 1. The lowest BCUT2D eigenvalue weighted by Crippen LogP contribution is -2.49. The van der Waals surface area contributed by atoms with E-state index in [1.165, 1.54) is 31.1 Å². The number of carbonyl (C=O) groups is 3. The van der Waals surface area contributed by atoms with Crippen LogP contribution in [-0.4, -0.2) is 35.2 Å². The molecule has 3 N–H and O–H groups in total. The number of aliphatic carboxylic acids is 1. The third kappa shape index (κ3) is 5.41. The molecule has 0 unspecified atom stereocenters. The molecule has 0 spiro atoms. The minimum Gasteiger partial charge on any atom is -0.480 e. The average molecular weight is 471 g/mol. The summed E-state index contributed by atoms with van der Waals surface area (Å²) in [4.78, 5) is 35.5. The van der Waals surface area contributed by atoms with E-state index in [0.717, 1.165) is 11.1 Å². The van der Waals surface area contributed by atoms with Crippen LogP contribution in [0.5, 0.6) is 0 Å². The Morgan fingerprint density at radius 1 is 0.914 bits per heavy atom. The summed E-state index contributed by atoms with van der Waals surface area (Å²) in [6, 6.07) is 23.1. The summed E-state index contributed by atoms with van der Waals surface area (Å²) in [5, 5.41) is 14.2. The number of anilines is 1. The molecule has 3 aromatic rings. The van der Waals surface area contributed by atoms with Crippen molar-refractivity contribution in [1.82, 2.24) is 5.32 Å². The zero-order valence-electron chi connectivity index (χ0n) is 19.4. The van der Waals surface area contributed by atoms with Crippen LogP contribution in [0.2, 0.25) is 0 Å². The summed E-state index contributed by atoms with van der Waals surface area (Å²) in [7, 11) is 0. The molecule has 0 fully saturated rings. The molecule has 7 heteroatoms. The molecule has 0 aliphatic heterocycles. The Bertz CT molecular complexity index is 1250. The van der Waals surface area contributed by atoms with E-state index < -0.39 is 23.5 Å². The van der Waals surface area contributed by atoms with Gasteiger partial charge in [0.1, 0.15) is 12.1 Å². The largest absolute Gasteiger partial charge is 0.480 e. The standard InChI is InChI=1S/C28H26N2O5/c1-28(2,26(32)33)30-25(31)16-13-18-11-14-19(15-12-18)29-27(34)35-17-24-22-9-5-3-7-20(22)21-8-4-6-10-23(21)24/h3-16,24H,17H2,1-2H3,(H,29,34)(H,30,31)(H,32,33)/b16-13+. The molecule has 0 radical (unpaired) electrons. The molecule has 2 amide bonds. The summed E-state index contributed by atoms with van der Waals surface area (Å²) in [6.45, 7) is 3.04. The Morgan fingerprint density at radius 3 is 2.06 bits per heavy atom. The summed E-state index contributed by atoms with van der Waals surface area (Å²) >= 11 is 0. The first-order valence-electron chi connectivity index (χ1n) is 11.2. The van der Waals surface area contributed by atoms with E-state index >= 15 is 0 Å². The van der Waals surface area contributed by atoms with Gasteiger partial charge in [-0.05, 0) is 59.9 Å². The minimum atomic E-state index is -1.36. The van der Waals surface area contributed by atoms with E-state index in [2.05, 4.69) is 34.9 Å². The summed E-state index contributed by atoms with van der Waals surface area (Å²) < 4.78 is 5.55. The van der Waals surface area contributed by atoms with Crippen LogP contribution in [0.15, 0.2) is 78.9 Å². The van der Waals surface area contributed by atoms with E-state index in [0.29, 0.717) is 11.3 Å². The average Bonchev–Trinajstić information content (AvgIpc) is 3.16. The fourth-order valence-electron chi connectivity index (χ4n) is 4.00. The SMILES string of the molecule is CC(C)(NC(=O)/C=C/c1ccc(NC(=O)OCC2c3ccccc3-c3ccccc32)cc1)C(=O)O. The number of hydrogen-bond acceptors (Lipinski definition) is 4. The first-order valence-corrected chi connectivity index (χ1v) is 11.2. The lowest BCUT2D eigenvalue weighted by atomic mass is 9.98. The Morgan fingerprint density at radius 2 is 1.49 bits per heavy atom. The molecule has 1 aliphatic carbocycles. The molecule has 178 valence electrons. The molecule has 7 nitrogen and oxygen atoms in total. The number of fused-ring (bicyclic) bond motifs is 3. The predicted molar refractivity (Wildman–Crippen MR) is 134 cm³/mol. The van der Waals surface area contributed by atoms with Gasteiger partial charge >= 0.3 is 12.1 Å². The molecule has 0 saturated heterocycles. The molecule has 4 rings (SSSR count). The third-order valence-electron chi connectivity index (χ3n) is 5.90. The van der Waals surface area contributed by atoms with Gasteiger partial charge in [-0.3, -0.25) is 10.1 Å². The van der Waals surface area contributed by atoms with E-state index in [1.807, 2.05) is 24.3 Å². The van der Waals surface area contributed by atoms with Crippen molar-refractivity contribution in [3.05, 3.63) is 95.6 Å². The van der Waals surface area contributed by atoms with Crippen LogP contribution in [0.4, 0.5) is 10.5 Å². The third-order valence-corrected chi connectivity index (χ3v) is 5.90. The quantitative estimate of drug-likeness (QED) is 0.420. The smallest absolute Gasteiger partial charge is 0.411 e. The molecule has 3 aromatic carbocycles. The van der Waals surface area contributed by atoms with Crippen molar-refractivity contribution >= 4 is 29.7 Å². The topological polar surface area (TPSA) is 105 Å². The Kier molecular flexibility index (Phi) is 6.68. The molecule has 0 atom stereocenters. The number of hydrogen-bond donors (Lipinski definition) is 3. The van der Waals surface area contributed by atoms with E-state index in [-0.39, 0.29) is 12.5 Å². The Hall–Kier alpha value is -4.39. The van der Waals surface area contributed by atoms with Crippen LogP contribution >= 0.6 is 0 Å². The molecular weight excluding hydrogens is 444 g/mol. The number of carboxylic acids is 1. The maximum atomic E-state index is 12.4. The zero-order valence-corrected chi connectivity index (χ0v) is 19.4. The maximum absolute atomic E-state index is 12.4. The van der Waals surface area contributed by atoms with Gasteiger partial charge in [-0.1, -0.05) is 60.7 Å². The number of carbonyl (C=O) groups excluding carboxylic acids is 2. The first kappa shape index (κ1) is 23.8. The highest BCUT2D eigenvalue weighted by Crippen LogP contribution is 2.44. The Labute approximate surface area is 203 Å². The van der Waals surface area contributed by atoms with Crippen LogP contribution < -0.4 is 10.6 Å². The van der Waals surface area contributed by atoms with E-state index in [4.69, 9.17) is 9.84 Å². The molecular formula is C28H26N2O5. The fourth-order valence-corrected chi connectivity index (χ4v) is 4.00. The van der Waals surface area contributed by atoms with Gasteiger partial charge in [0, 0.05) is 17.7 Å². The second kappa shape index (κ2) is 9.85. The predicted octanol–water partition coefficient (Wildman–Crippen LogP) is 5.04. The summed E-state index contributed by atoms with van der Waals surface area (Å²) in [5.74, 6) is -1.65. The summed E-state index contributed by atoms with van der Waals surface area (Å²) in [5.41, 5.74) is 4.53. The lowest BCUT2D eigenvalue weighted by Gasteiger charge is -2.19. The van der Waals surface area contributed by atoms with Crippen LogP contribution in [0, 0.1) is 0 Å². The monoisotopic (exact) mass is 470 g/mol. The highest BCUT2D eigenvalue weighted by atomic mass is 16.5. The highest BCUT2D eigenvalue weighted by Gasteiger charge is 2.29. The van der Waals surface area contributed by atoms with Crippen LogP contribution in [0.25, 0.3) is 17.2 Å². The molecule has 35 heavy (non-hydrogen) atoms. The number of nitrogens with one attached hydrogen (secondary N) is 2. The van der Waals surface area contributed by atoms with Gasteiger partial charge in [0.25, 0.3) is 0 Å². The first-order chi connectivity index (χ1) is 16.7. The lowest BCUT2D eigenvalue weighted by molar-refractivity contribution is -0.145. The van der Waals surface area contributed by atoms with Gasteiger partial charge in [-0.2, -0.15) is 0 Å². The highest BCUT2D eigenvalue weighted by molar-refractivity contribution is 5.95. The van der Waals surface area contributed by atoms with Crippen molar-refractivity contribution < 1.29 is 24.2 Å². The molecule has 0 heterocycles. The molecule has 0 bridgehead atoms. The van der Waals surface area contributed by atoms with Gasteiger partial charge in [-0.15, -0.1) is 0 Å². The van der Waals surface area contributed by atoms with Gasteiger partial charge in [0.15, 0.2) is 0 Å². The molecule has 0 saturated carbocycles. The van der Waals surface area contributed by atoms with Gasteiger partial charge in [-0.25, -0.2) is 9.59 Å². The van der Waals surface area contributed by atoms with Crippen molar-refractivity contribution in [1.29, 1.82) is 0 Å². The second-order valence-electron chi connectivity index (χ2n) is 8.83. The number of ether oxygens (including phenoxy) is 1. The van der Waals surface area contributed by atoms with Crippen LogP contribution in [0.3, 0.4) is 0 Å². The number of amides is 2. The Balaban J connectivity index is 1.33. The summed E-state index contributed by atoms with van der Waals surface area (Å²) in [6.07, 6.45) is 2.27. The van der Waals surface area contributed by atoms with Crippen LogP contribution in [-0.2, 0) is 14.3 Å². The zero-order chi connectivity index (χ0) is 25.0. The van der Waals surface area contributed by atoms with E-state index in [1.54, 1.807) is 30.3 Å². The fraction of sp³-hybridized carbons (Fsp3) is 0.179. The minimum absolute atomic E-state index is 0.0158. The van der Waals surface area contributed by atoms with Crippen molar-refractivity contribution in [2.75, 3.05) is 11.9 Å². The maximum Gasteiger partial charge on any atom is 0.411 e. The van der Waals surface area contributed by atoms with Crippen molar-refractivity contribution in [3.63, 3.8) is 0 Å². The van der Waals surface area contributed by atoms with E-state index in [9.17, 15) is 14.4 Å².